The minimum absolute atomic E-state index is 0.0937. The SMILES string of the molecule is Cc1cnc2ccc(-c3c(-c4ccco4)nc(N)nc3-n3nnc4cc(O[C@@H]5CC[C@@H](N)C5)ccc43)cn12. The molecule has 1 saturated carbocycles. The number of anilines is 1. The van der Waals surface area contributed by atoms with E-state index in [1.54, 1.807) is 10.9 Å². The van der Waals surface area contributed by atoms with Crippen molar-refractivity contribution in [2.75, 3.05) is 5.73 Å². The molecular weight excluding hydrogens is 482 g/mol. The lowest BCUT2D eigenvalue weighted by Gasteiger charge is -2.15. The van der Waals surface area contributed by atoms with Crippen molar-refractivity contribution in [3.05, 3.63) is 66.8 Å². The van der Waals surface area contributed by atoms with Crippen LogP contribution in [0, 0.1) is 6.92 Å². The number of aromatic nitrogens is 7. The molecule has 6 aromatic rings. The maximum atomic E-state index is 6.22. The largest absolute Gasteiger partial charge is 0.490 e. The predicted molar refractivity (Wildman–Crippen MR) is 142 cm³/mol. The standard InChI is InChI=1S/C27H25N9O2/c1-15-13-30-23-9-4-16(14-35(15)23)24-25(22-3-2-10-37-22)31-27(29)32-26(24)36-21-8-7-19(12-20(21)33-34-36)38-18-6-5-17(28)11-18/h2-4,7-10,12-14,17-18H,5-6,11,28H2,1H3,(H2,29,31,32)/t17-,18-/m1/s1. The molecule has 0 radical (unpaired) electrons. The molecule has 1 aliphatic rings. The molecule has 1 aromatic carbocycles. The molecular formula is C27H25N9O2. The zero-order chi connectivity index (χ0) is 25.8. The number of ether oxygens (including phenoxy) is 1. The minimum Gasteiger partial charge on any atom is -0.490 e. The summed E-state index contributed by atoms with van der Waals surface area (Å²) >= 11 is 0. The third-order valence-electron chi connectivity index (χ3n) is 6.99. The van der Waals surface area contributed by atoms with E-state index >= 15 is 0 Å². The summed E-state index contributed by atoms with van der Waals surface area (Å²) in [5, 5.41) is 8.89. The molecule has 0 spiro atoms. The van der Waals surface area contributed by atoms with Crippen LogP contribution in [-0.2, 0) is 0 Å². The van der Waals surface area contributed by atoms with E-state index in [1.807, 2.05) is 66.2 Å². The Morgan fingerprint density at radius 1 is 1.11 bits per heavy atom. The summed E-state index contributed by atoms with van der Waals surface area (Å²) in [6.45, 7) is 2.00. The molecule has 5 aromatic heterocycles. The summed E-state index contributed by atoms with van der Waals surface area (Å²) in [6.07, 6.45) is 8.32. The summed E-state index contributed by atoms with van der Waals surface area (Å²) in [6, 6.07) is 13.5. The highest BCUT2D eigenvalue weighted by atomic mass is 16.5. The van der Waals surface area contributed by atoms with Gasteiger partial charge in [0.15, 0.2) is 11.6 Å². The first-order valence-corrected chi connectivity index (χ1v) is 12.5. The molecule has 0 unspecified atom stereocenters. The maximum absolute atomic E-state index is 6.22. The van der Waals surface area contributed by atoms with Gasteiger partial charge in [-0.2, -0.15) is 9.67 Å². The number of benzene rings is 1. The number of pyridine rings is 1. The van der Waals surface area contributed by atoms with Crippen LogP contribution in [0.2, 0.25) is 0 Å². The van der Waals surface area contributed by atoms with Crippen molar-refractivity contribution in [1.29, 1.82) is 0 Å². The van der Waals surface area contributed by atoms with Crippen molar-refractivity contribution in [1.82, 2.24) is 34.3 Å². The van der Waals surface area contributed by atoms with Crippen molar-refractivity contribution < 1.29 is 9.15 Å². The number of nitrogen functional groups attached to an aromatic ring is 1. The van der Waals surface area contributed by atoms with Crippen LogP contribution in [0.3, 0.4) is 0 Å². The first kappa shape index (κ1) is 22.4. The van der Waals surface area contributed by atoms with Crippen LogP contribution in [-0.4, -0.2) is 46.5 Å². The first-order chi connectivity index (χ1) is 18.5. The smallest absolute Gasteiger partial charge is 0.222 e. The summed E-state index contributed by atoms with van der Waals surface area (Å²) in [5.41, 5.74) is 17.6. The quantitative estimate of drug-likeness (QED) is 0.354. The van der Waals surface area contributed by atoms with Crippen LogP contribution >= 0.6 is 0 Å². The minimum atomic E-state index is 0.0937. The Labute approximate surface area is 217 Å². The van der Waals surface area contributed by atoms with Crippen molar-refractivity contribution in [2.45, 2.75) is 38.3 Å². The van der Waals surface area contributed by atoms with Gasteiger partial charge in [0.25, 0.3) is 0 Å². The van der Waals surface area contributed by atoms with Gasteiger partial charge in [-0.15, -0.1) is 5.10 Å². The van der Waals surface area contributed by atoms with Gasteiger partial charge in [0, 0.05) is 35.8 Å². The second kappa shape index (κ2) is 8.67. The number of aryl methyl sites for hydroxylation is 1. The topological polar surface area (TPSA) is 148 Å². The van der Waals surface area contributed by atoms with Crippen molar-refractivity contribution in [2.24, 2.45) is 5.73 Å². The monoisotopic (exact) mass is 507 g/mol. The highest BCUT2D eigenvalue weighted by molar-refractivity contribution is 5.87. The Kier molecular flexibility index (Phi) is 5.11. The summed E-state index contributed by atoms with van der Waals surface area (Å²) < 4.78 is 15.6. The predicted octanol–water partition coefficient (Wildman–Crippen LogP) is 3.93. The normalized spacial score (nSPS) is 17.5. The van der Waals surface area contributed by atoms with Crippen molar-refractivity contribution in [3.63, 3.8) is 0 Å². The Morgan fingerprint density at radius 2 is 2.03 bits per heavy atom. The number of furan rings is 1. The lowest BCUT2D eigenvalue weighted by Crippen LogP contribution is -2.19. The van der Waals surface area contributed by atoms with Gasteiger partial charge in [0.1, 0.15) is 28.7 Å². The molecule has 1 aliphatic carbocycles. The second-order valence-corrected chi connectivity index (χ2v) is 9.62. The number of rotatable bonds is 5. The molecule has 7 rings (SSSR count). The lowest BCUT2D eigenvalue weighted by molar-refractivity contribution is 0.208. The Balaban J connectivity index is 1.40. The van der Waals surface area contributed by atoms with E-state index in [1.165, 1.54) is 0 Å². The van der Waals surface area contributed by atoms with E-state index in [4.69, 9.17) is 20.6 Å². The summed E-state index contributed by atoms with van der Waals surface area (Å²) in [4.78, 5) is 13.6. The van der Waals surface area contributed by atoms with Gasteiger partial charge >= 0.3 is 0 Å². The van der Waals surface area contributed by atoms with Crippen LogP contribution in [0.25, 0.3) is 45.1 Å². The van der Waals surface area contributed by atoms with Crippen LogP contribution in [0.4, 0.5) is 5.95 Å². The molecule has 0 amide bonds. The molecule has 11 heteroatoms. The molecule has 190 valence electrons. The van der Waals surface area contributed by atoms with Gasteiger partial charge in [-0.1, -0.05) is 5.21 Å². The van der Waals surface area contributed by atoms with Crippen LogP contribution in [0.1, 0.15) is 25.0 Å². The van der Waals surface area contributed by atoms with Crippen LogP contribution in [0.15, 0.2) is 65.5 Å². The first-order valence-electron chi connectivity index (χ1n) is 12.5. The fourth-order valence-corrected chi connectivity index (χ4v) is 5.13. The Bertz CT molecular complexity index is 1790. The van der Waals surface area contributed by atoms with Gasteiger partial charge in [-0.05, 0) is 62.6 Å². The number of fused-ring (bicyclic) bond motifs is 2. The van der Waals surface area contributed by atoms with Crippen LogP contribution < -0.4 is 16.2 Å². The zero-order valence-corrected chi connectivity index (χ0v) is 20.7. The molecule has 38 heavy (non-hydrogen) atoms. The Morgan fingerprint density at radius 3 is 2.84 bits per heavy atom. The molecule has 0 aliphatic heterocycles. The second-order valence-electron chi connectivity index (χ2n) is 9.62. The molecule has 0 saturated heterocycles. The Hall–Kier alpha value is -4.77. The molecule has 1 fully saturated rings. The highest BCUT2D eigenvalue weighted by Gasteiger charge is 2.25. The van der Waals surface area contributed by atoms with Gasteiger partial charge in [-0.3, -0.25) is 0 Å². The number of hydrogen-bond acceptors (Lipinski definition) is 9. The summed E-state index contributed by atoms with van der Waals surface area (Å²) in [5.74, 6) is 1.88. The average molecular weight is 508 g/mol. The number of imidazole rings is 1. The molecule has 4 N–H and O–H groups in total. The van der Waals surface area contributed by atoms with Gasteiger partial charge in [0.2, 0.25) is 5.95 Å². The lowest BCUT2D eigenvalue weighted by atomic mass is 10.0. The summed E-state index contributed by atoms with van der Waals surface area (Å²) in [7, 11) is 0. The average Bonchev–Trinajstić information content (AvgIpc) is 3.72. The van der Waals surface area contributed by atoms with E-state index < -0.39 is 0 Å². The molecule has 5 heterocycles. The fraction of sp³-hybridized carbons (Fsp3) is 0.222. The third kappa shape index (κ3) is 3.75. The van der Waals surface area contributed by atoms with E-state index in [9.17, 15) is 0 Å². The van der Waals surface area contributed by atoms with E-state index in [-0.39, 0.29) is 18.1 Å². The third-order valence-corrected chi connectivity index (χ3v) is 6.99. The van der Waals surface area contributed by atoms with Gasteiger partial charge in [-0.25, -0.2) is 9.97 Å². The zero-order valence-electron chi connectivity index (χ0n) is 20.7. The molecule has 2 atom stereocenters. The van der Waals surface area contributed by atoms with Gasteiger partial charge in [0.05, 0.1) is 17.3 Å². The number of nitrogens with two attached hydrogens (primary N) is 2. The molecule has 11 nitrogen and oxygen atoms in total. The number of nitrogens with zero attached hydrogens (tertiary/aromatic N) is 7. The molecule has 0 bridgehead atoms. The van der Waals surface area contributed by atoms with Crippen LogP contribution in [0.5, 0.6) is 5.75 Å². The fourth-order valence-electron chi connectivity index (χ4n) is 5.13. The highest BCUT2D eigenvalue weighted by Crippen LogP contribution is 2.37. The van der Waals surface area contributed by atoms with E-state index in [0.717, 1.165) is 47.4 Å². The van der Waals surface area contributed by atoms with E-state index in [0.29, 0.717) is 28.4 Å². The number of hydrogen-bond donors (Lipinski definition) is 2. The van der Waals surface area contributed by atoms with Gasteiger partial charge < -0.3 is 25.0 Å². The van der Waals surface area contributed by atoms with Crippen molar-refractivity contribution >= 4 is 22.6 Å². The van der Waals surface area contributed by atoms with E-state index in [2.05, 4.69) is 25.3 Å². The van der Waals surface area contributed by atoms with Crippen molar-refractivity contribution in [3.8, 4) is 34.1 Å². The maximum Gasteiger partial charge on any atom is 0.222 e.